The molecule has 0 radical (unpaired) electrons. The number of nitrogens with one attached hydrogen (secondary N) is 2. The molecule has 4 saturated carbocycles. The fourth-order valence-electron chi connectivity index (χ4n) is 6.93. The van der Waals surface area contributed by atoms with Crippen molar-refractivity contribution in [2.24, 2.45) is 23.2 Å². The fourth-order valence-corrected chi connectivity index (χ4v) is 7.70. The third kappa shape index (κ3) is 4.66. The minimum atomic E-state index is -0.195. The standard InChI is InChI=1S/C28H31N5O2S/c34-25(30-22-7-3-1-4-8-22)18-36-27-32-31-24(33(27)23-9-5-2-6-10-23)17-29-26(35)28-14-19-11-20(15-28)13-21(12-19)16-28/h1-10,19-21H,11-18H2,(H,29,35)(H,30,34). The van der Waals surface area contributed by atoms with Crippen molar-refractivity contribution >= 4 is 29.3 Å². The monoisotopic (exact) mass is 501 g/mol. The molecule has 0 aliphatic heterocycles. The molecular weight excluding hydrogens is 470 g/mol. The highest BCUT2D eigenvalue weighted by Gasteiger charge is 2.54. The summed E-state index contributed by atoms with van der Waals surface area (Å²) in [7, 11) is 0. The van der Waals surface area contributed by atoms with Crippen LogP contribution in [0.2, 0.25) is 0 Å². The van der Waals surface area contributed by atoms with Gasteiger partial charge in [0.1, 0.15) is 0 Å². The van der Waals surface area contributed by atoms with Crippen LogP contribution in [0.1, 0.15) is 44.3 Å². The van der Waals surface area contributed by atoms with Gasteiger partial charge in [-0.3, -0.25) is 14.2 Å². The fraction of sp³-hybridized carbons (Fsp3) is 0.429. The lowest BCUT2D eigenvalue weighted by Crippen LogP contribution is -2.53. The molecule has 0 spiro atoms. The zero-order valence-corrected chi connectivity index (χ0v) is 21.0. The Labute approximate surface area is 215 Å². The average molecular weight is 502 g/mol. The molecule has 186 valence electrons. The van der Waals surface area contributed by atoms with E-state index in [1.807, 2.05) is 65.2 Å². The van der Waals surface area contributed by atoms with E-state index in [4.69, 9.17) is 0 Å². The summed E-state index contributed by atoms with van der Waals surface area (Å²) in [5.41, 5.74) is 1.48. The minimum absolute atomic E-state index is 0.106. The molecule has 4 aliphatic rings. The number of benzene rings is 2. The molecule has 36 heavy (non-hydrogen) atoms. The maximum Gasteiger partial charge on any atom is 0.234 e. The van der Waals surface area contributed by atoms with E-state index in [0.29, 0.717) is 17.5 Å². The Hall–Kier alpha value is -3.13. The van der Waals surface area contributed by atoms with Gasteiger partial charge < -0.3 is 10.6 Å². The van der Waals surface area contributed by atoms with Crippen molar-refractivity contribution < 1.29 is 9.59 Å². The lowest BCUT2D eigenvalue weighted by atomic mass is 9.49. The third-order valence-electron chi connectivity index (χ3n) is 8.03. The zero-order chi connectivity index (χ0) is 24.5. The van der Waals surface area contributed by atoms with Gasteiger partial charge in [-0.2, -0.15) is 0 Å². The summed E-state index contributed by atoms with van der Waals surface area (Å²) >= 11 is 1.34. The predicted molar refractivity (Wildman–Crippen MR) is 140 cm³/mol. The second-order valence-electron chi connectivity index (χ2n) is 10.7. The number of rotatable bonds is 8. The lowest BCUT2D eigenvalue weighted by molar-refractivity contribution is -0.146. The zero-order valence-electron chi connectivity index (χ0n) is 20.2. The van der Waals surface area contributed by atoms with Crippen molar-refractivity contribution in [3.05, 3.63) is 66.5 Å². The Bertz CT molecular complexity index is 1210. The summed E-state index contributed by atoms with van der Waals surface area (Å²) in [6, 6.07) is 19.3. The first-order valence-electron chi connectivity index (χ1n) is 12.8. The number of hydrogen-bond donors (Lipinski definition) is 2. The lowest BCUT2D eigenvalue weighted by Gasteiger charge is -2.55. The summed E-state index contributed by atoms with van der Waals surface area (Å²) in [5, 5.41) is 15.6. The van der Waals surface area contributed by atoms with E-state index >= 15 is 0 Å². The van der Waals surface area contributed by atoms with E-state index in [1.54, 1.807) is 0 Å². The van der Waals surface area contributed by atoms with Crippen LogP contribution in [-0.2, 0) is 16.1 Å². The van der Waals surface area contributed by atoms with Gasteiger partial charge in [0.25, 0.3) is 0 Å². The molecule has 0 atom stereocenters. The molecule has 1 aromatic heterocycles. The molecule has 3 aromatic rings. The molecule has 4 aliphatic carbocycles. The van der Waals surface area contributed by atoms with Gasteiger partial charge in [0.2, 0.25) is 11.8 Å². The van der Waals surface area contributed by atoms with Gasteiger partial charge in [-0.15, -0.1) is 10.2 Å². The van der Waals surface area contributed by atoms with Crippen LogP contribution < -0.4 is 10.6 Å². The number of para-hydroxylation sites is 2. The van der Waals surface area contributed by atoms with E-state index in [0.717, 1.165) is 48.4 Å². The van der Waals surface area contributed by atoms with Crippen molar-refractivity contribution in [2.45, 2.75) is 50.2 Å². The Morgan fingerprint density at radius 3 is 2.14 bits per heavy atom. The molecular formula is C28H31N5O2S. The van der Waals surface area contributed by atoms with Crippen molar-refractivity contribution in [3.63, 3.8) is 0 Å². The Morgan fingerprint density at radius 2 is 1.50 bits per heavy atom. The number of nitrogens with zero attached hydrogens (tertiary/aromatic N) is 3. The number of carbonyl (C=O) groups is 2. The van der Waals surface area contributed by atoms with Gasteiger partial charge in [0.15, 0.2) is 11.0 Å². The van der Waals surface area contributed by atoms with Crippen molar-refractivity contribution in [3.8, 4) is 5.69 Å². The van der Waals surface area contributed by atoms with Gasteiger partial charge in [0.05, 0.1) is 12.3 Å². The van der Waals surface area contributed by atoms with Crippen LogP contribution in [0.15, 0.2) is 65.8 Å². The van der Waals surface area contributed by atoms with E-state index in [2.05, 4.69) is 20.8 Å². The molecule has 8 heteroatoms. The molecule has 2 N–H and O–H groups in total. The summed E-state index contributed by atoms with van der Waals surface area (Å²) in [5.74, 6) is 3.12. The normalized spacial score (nSPS) is 26.1. The Balaban J connectivity index is 1.16. The van der Waals surface area contributed by atoms with E-state index < -0.39 is 0 Å². The van der Waals surface area contributed by atoms with Crippen LogP contribution in [0.3, 0.4) is 0 Å². The topological polar surface area (TPSA) is 88.9 Å². The summed E-state index contributed by atoms with van der Waals surface area (Å²) in [4.78, 5) is 26.0. The summed E-state index contributed by atoms with van der Waals surface area (Å²) < 4.78 is 1.94. The number of hydrogen-bond acceptors (Lipinski definition) is 5. The summed E-state index contributed by atoms with van der Waals surface area (Å²) in [6.45, 7) is 0.319. The van der Waals surface area contributed by atoms with Crippen molar-refractivity contribution in [1.82, 2.24) is 20.1 Å². The number of anilines is 1. The van der Waals surface area contributed by atoms with Gasteiger partial charge in [-0.1, -0.05) is 48.2 Å². The molecule has 1 heterocycles. The first-order valence-corrected chi connectivity index (χ1v) is 13.8. The van der Waals surface area contributed by atoms with E-state index in [9.17, 15) is 9.59 Å². The Kier molecular flexibility index (Phi) is 6.29. The van der Waals surface area contributed by atoms with Crippen LogP contribution in [0.4, 0.5) is 5.69 Å². The highest BCUT2D eigenvalue weighted by molar-refractivity contribution is 7.99. The molecule has 7 rings (SSSR count). The Morgan fingerprint density at radius 1 is 0.889 bits per heavy atom. The van der Waals surface area contributed by atoms with Crippen molar-refractivity contribution in [2.75, 3.05) is 11.1 Å². The number of thioether (sulfide) groups is 1. The largest absolute Gasteiger partial charge is 0.348 e. The van der Waals surface area contributed by atoms with Crippen LogP contribution in [0.5, 0.6) is 0 Å². The smallest absolute Gasteiger partial charge is 0.234 e. The van der Waals surface area contributed by atoms with E-state index in [-0.39, 0.29) is 23.0 Å². The number of amides is 2. The first kappa shape index (κ1) is 23.3. The van der Waals surface area contributed by atoms with Crippen LogP contribution in [0, 0.1) is 23.2 Å². The molecule has 4 bridgehead atoms. The van der Waals surface area contributed by atoms with Gasteiger partial charge >= 0.3 is 0 Å². The average Bonchev–Trinajstić information content (AvgIpc) is 3.29. The van der Waals surface area contributed by atoms with Gasteiger partial charge in [-0.25, -0.2) is 0 Å². The third-order valence-corrected chi connectivity index (χ3v) is 8.96. The molecule has 7 nitrogen and oxygen atoms in total. The number of aromatic nitrogens is 3. The molecule has 0 unspecified atom stereocenters. The van der Waals surface area contributed by atoms with E-state index in [1.165, 1.54) is 31.0 Å². The second kappa shape index (κ2) is 9.73. The molecule has 4 fully saturated rings. The minimum Gasteiger partial charge on any atom is -0.348 e. The van der Waals surface area contributed by atoms with Crippen molar-refractivity contribution in [1.29, 1.82) is 0 Å². The SMILES string of the molecule is O=C(CSc1nnc(CNC(=O)C23CC4CC(CC(C4)C2)C3)n1-c1ccccc1)Nc1ccccc1. The molecule has 0 saturated heterocycles. The molecule has 2 amide bonds. The first-order chi connectivity index (χ1) is 17.6. The molecule has 2 aromatic carbocycles. The highest BCUT2D eigenvalue weighted by Crippen LogP contribution is 2.60. The van der Waals surface area contributed by atoms with Gasteiger partial charge in [0, 0.05) is 16.8 Å². The van der Waals surface area contributed by atoms with Crippen LogP contribution >= 0.6 is 11.8 Å². The van der Waals surface area contributed by atoms with Crippen LogP contribution in [0.25, 0.3) is 5.69 Å². The quantitative estimate of drug-likeness (QED) is 0.432. The van der Waals surface area contributed by atoms with Gasteiger partial charge in [-0.05, 0) is 80.5 Å². The second-order valence-corrected chi connectivity index (χ2v) is 11.6. The maximum atomic E-state index is 13.5. The number of carbonyl (C=O) groups excluding carboxylic acids is 2. The maximum absolute atomic E-state index is 13.5. The van der Waals surface area contributed by atoms with Crippen LogP contribution in [-0.4, -0.2) is 32.3 Å². The summed E-state index contributed by atoms with van der Waals surface area (Å²) in [6.07, 6.45) is 7.05. The highest BCUT2D eigenvalue weighted by atomic mass is 32.2. The predicted octanol–water partition coefficient (Wildman–Crippen LogP) is 4.83.